The molecule has 0 saturated heterocycles. The summed E-state index contributed by atoms with van der Waals surface area (Å²) in [5.74, 6) is 0.757. The Bertz CT molecular complexity index is 1180. The third-order valence-corrected chi connectivity index (χ3v) is 5.90. The van der Waals surface area contributed by atoms with Crippen molar-refractivity contribution in [3.05, 3.63) is 91.6 Å². The standard InChI is InChI=1S/C23H16BrIN2O3/c1-30-20-13-14(11-18(25)21(20)28)12-19-23(29)27(17-9-7-16(24)8-10-17)22(26-19)15-5-3-2-4-6-15/h2-13,28H,1H3/b19-12-. The lowest BCUT2D eigenvalue weighted by Crippen LogP contribution is -2.32. The molecule has 1 N–H and O–H groups in total. The molecule has 0 radical (unpaired) electrons. The molecule has 5 nitrogen and oxygen atoms in total. The minimum absolute atomic E-state index is 0.0722. The molecule has 1 heterocycles. The Kier molecular flexibility index (Phi) is 5.92. The van der Waals surface area contributed by atoms with Gasteiger partial charge in [0.1, 0.15) is 11.5 Å². The first-order chi connectivity index (χ1) is 14.5. The van der Waals surface area contributed by atoms with Crippen LogP contribution in [0, 0.1) is 3.57 Å². The Morgan fingerprint density at radius 3 is 2.47 bits per heavy atom. The first kappa shape index (κ1) is 20.6. The van der Waals surface area contributed by atoms with E-state index >= 15 is 0 Å². The molecule has 150 valence electrons. The summed E-state index contributed by atoms with van der Waals surface area (Å²) >= 11 is 5.46. The molecule has 3 aromatic rings. The van der Waals surface area contributed by atoms with Crippen LogP contribution < -0.4 is 9.64 Å². The Balaban J connectivity index is 1.83. The van der Waals surface area contributed by atoms with Crippen LogP contribution in [0.25, 0.3) is 6.08 Å². The Hall–Kier alpha value is -2.65. The average molecular weight is 575 g/mol. The number of rotatable bonds is 4. The van der Waals surface area contributed by atoms with E-state index in [-0.39, 0.29) is 11.7 Å². The van der Waals surface area contributed by atoms with Gasteiger partial charge in [0.2, 0.25) is 0 Å². The van der Waals surface area contributed by atoms with Crippen molar-refractivity contribution >= 4 is 62.0 Å². The molecule has 3 aromatic carbocycles. The summed E-state index contributed by atoms with van der Waals surface area (Å²) in [7, 11) is 1.49. The van der Waals surface area contributed by atoms with E-state index in [1.807, 2.05) is 77.2 Å². The summed E-state index contributed by atoms with van der Waals surface area (Å²) < 4.78 is 6.78. The smallest absolute Gasteiger partial charge is 0.282 e. The maximum Gasteiger partial charge on any atom is 0.282 e. The van der Waals surface area contributed by atoms with Crippen LogP contribution in [0.15, 0.2) is 81.9 Å². The number of hydrogen-bond donors (Lipinski definition) is 1. The number of carbonyl (C=O) groups is 1. The summed E-state index contributed by atoms with van der Waals surface area (Å²) in [6.07, 6.45) is 1.70. The Morgan fingerprint density at radius 2 is 1.80 bits per heavy atom. The van der Waals surface area contributed by atoms with Crippen molar-refractivity contribution < 1.29 is 14.6 Å². The zero-order valence-corrected chi connectivity index (χ0v) is 19.6. The first-order valence-electron chi connectivity index (χ1n) is 9.00. The number of aliphatic imine (C=N–C) groups is 1. The lowest BCUT2D eigenvalue weighted by molar-refractivity contribution is -0.113. The van der Waals surface area contributed by atoms with Gasteiger partial charge in [-0.15, -0.1) is 0 Å². The molecular weight excluding hydrogens is 559 g/mol. The van der Waals surface area contributed by atoms with E-state index in [2.05, 4.69) is 20.9 Å². The summed E-state index contributed by atoms with van der Waals surface area (Å²) in [6.45, 7) is 0. The zero-order chi connectivity index (χ0) is 21.3. The fourth-order valence-corrected chi connectivity index (χ4v) is 4.01. The maximum atomic E-state index is 13.3. The van der Waals surface area contributed by atoms with E-state index in [0.717, 1.165) is 15.7 Å². The largest absolute Gasteiger partial charge is 0.504 e. The number of nitrogens with zero attached hydrogens (tertiary/aromatic N) is 2. The van der Waals surface area contributed by atoms with E-state index in [0.29, 0.717) is 26.4 Å². The summed E-state index contributed by atoms with van der Waals surface area (Å²) in [5, 5.41) is 10.1. The number of methoxy groups -OCH3 is 1. The lowest BCUT2D eigenvalue weighted by Gasteiger charge is -2.18. The first-order valence-corrected chi connectivity index (χ1v) is 10.9. The highest BCUT2D eigenvalue weighted by molar-refractivity contribution is 14.1. The molecular formula is C23H16BrIN2O3. The van der Waals surface area contributed by atoms with Gasteiger partial charge in [0.25, 0.3) is 5.91 Å². The van der Waals surface area contributed by atoms with Crippen LogP contribution in [0.3, 0.4) is 0 Å². The summed E-state index contributed by atoms with van der Waals surface area (Å²) in [6, 6.07) is 20.6. The quantitative estimate of drug-likeness (QED) is 0.326. The molecule has 7 heteroatoms. The molecule has 1 amide bonds. The number of hydrogen-bond acceptors (Lipinski definition) is 4. The topological polar surface area (TPSA) is 62.1 Å². The van der Waals surface area contributed by atoms with Crippen LogP contribution in [0.1, 0.15) is 11.1 Å². The van der Waals surface area contributed by atoms with Crippen molar-refractivity contribution in [3.8, 4) is 11.5 Å². The summed E-state index contributed by atoms with van der Waals surface area (Å²) in [4.78, 5) is 19.6. The third-order valence-electron chi connectivity index (χ3n) is 4.55. The van der Waals surface area contributed by atoms with Gasteiger partial charge in [-0.2, -0.15) is 0 Å². The number of benzene rings is 3. The van der Waals surface area contributed by atoms with Gasteiger partial charge in [-0.3, -0.25) is 9.69 Å². The Morgan fingerprint density at radius 1 is 1.10 bits per heavy atom. The van der Waals surface area contributed by atoms with Gasteiger partial charge in [0.15, 0.2) is 11.5 Å². The number of aromatic hydroxyl groups is 1. The highest BCUT2D eigenvalue weighted by Crippen LogP contribution is 2.34. The highest BCUT2D eigenvalue weighted by atomic mass is 127. The van der Waals surface area contributed by atoms with Gasteiger partial charge in [-0.25, -0.2) is 4.99 Å². The zero-order valence-electron chi connectivity index (χ0n) is 15.8. The molecule has 0 bridgehead atoms. The van der Waals surface area contributed by atoms with Gasteiger partial charge in [-0.1, -0.05) is 46.3 Å². The van der Waals surface area contributed by atoms with Crippen molar-refractivity contribution in [1.29, 1.82) is 0 Å². The average Bonchev–Trinajstić information content (AvgIpc) is 3.08. The number of ether oxygens (including phenoxy) is 1. The number of phenols is 1. The molecule has 4 rings (SSSR count). The normalized spacial score (nSPS) is 14.9. The number of phenolic OH excluding ortho intramolecular Hbond substituents is 1. The van der Waals surface area contributed by atoms with Crippen molar-refractivity contribution in [2.24, 2.45) is 4.99 Å². The van der Waals surface area contributed by atoms with Crippen molar-refractivity contribution in [1.82, 2.24) is 0 Å². The van der Waals surface area contributed by atoms with E-state index < -0.39 is 0 Å². The van der Waals surface area contributed by atoms with Gasteiger partial charge in [0, 0.05) is 10.0 Å². The number of amides is 1. The fraction of sp³-hybridized carbons (Fsp3) is 0.0435. The second-order valence-corrected chi connectivity index (χ2v) is 8.58. The molecule has 0 aromatic heterocycles. The maximum absolute atomic E-state index is 13.3. The third kappa shape index (κ3) is 3.99. The van der Waals surface area contributed by atoms with Gasteiger partial charge in [0.05, 0.1) is 16.4 Å². The Labute approximate surface area is 196 Å². The van der Waals surface area contributed by atoms with Crippen molar-refractivity contribution in [2.45, 2.75) is 0 Å². The SMILES string of the molecule is COc1cc(/C=C2\N=C(c3ccccc3)N(c3ccc(Br)cc3)C2=O)cc(I)c1O. The second-order valence-electron chi connectivity index (χ2n) is 6.50. The van der Waals surface area contributed by atoms with Crippen molar-refractivity contribution in [3.63, 3.8) is 0 Å². The molecule has 1 aliphatic rings. The van der Waals surface area contributed by atoms with E-state index in [4.69, 9.17) is 4.74 Å². The molecule has 0 atom stereocenters. The van der Waals surface area contributed by atoms with Gasteiger partial charge < -0.3 is 9.84 Å². The minimum Gasteiger partial charge on any atom is -0.504 e. The number of carbonyl (C=O) groups excluding carboxylic acids is 1. The van der Waals surface area contributed by atoms with Crippen LogP contribution in [0.2, 0.25) is 0 Å². The molecule has 0 aliphatic carbocycles. The predicted molar refractivity (Wildman–Crippen MR) is 130 cm³/mol. The van der Waals surface area contributed by atoms with Crippen LogP contribution in [0.5, 0.6) is 11.5 Å². The van der Waals surface area contributed by atoms with Crippen molar-refractivity contribution in [2.75, 3.05) is 12.0 Å². The molecule has 0 saturated carbocycles. The molecule has 30 heavy (non-hydrogen) atoms. The van der Waals surface area contributed by atoms with Gasteiger partial charge in [-0.05, 0) is 70.6 Å². The number of anilines is 1. The predicted octanol–water partition coefficient (Wildman–Crippen LogP) is 5.60. The van der Waals surface area contributed by atoms with E-state index in [1.54, 1.807) is 23.1 Å². The van der Waals surface area contributed by atoms with Crippen LogP contribution in [-0.4, -0.2) is 24.0 Å². The molecule has 1 aliphatic heterocycles. The van der Waals surface area contributed by atoms with E-state index in [1.165, 1.54) is 7.11 Å². The van der Waals surface area contributed by atoms with Crippen LogP contribution in [-0.2, 0) is 4.79 Å². The number of halogens is 2. The monoisotopic (exact) mass is 574 g/mol. The molecule has 0 spiro atoms. The van der Waals surface area contributed by atoms with Crippen LogP contribution in [0.4, 0.5) is 5.69 Å². The van der Waals surface area contributed by atoms with E-state index in [9.17, 15) is 9.90 Å². The summed E-state index contributed by atoms with van der Waals surface area (Å²) in [5.41, 5.74) is 2.59. The number of amidine groups is 1. The van der Waals surface area contributed by atoms with Gasteiger partial charge >= 0.3 is 0 Å². The van der Waals surface area contributed by atoms with Crippen LogP contribution >= 0.6 is 38.5 Å². The highest BCUT2D eigenvalue weighted by Gasteiger charge is 2.32. The minimum atomic E-state index is -0.224. The molecule has 0 unspecified atom stereocenters. The lowest BCUT2D eigenvalue weighted by atomic mass is 10.1. The second kappa shape index (κ2) is 8.61. The fourth-order valence-electron chi connectivity index (χ4n) is 3.12. The molecule has 0 fully saturated rings.